The Balaban J connectivity index is 2.34. The number of halogens is 2. The Morgan fingerprint density at radius 1 is 1.15 bits per heavy atom. The zero-order valence-electron chi connectivity index (χ0n) is 10.2. The molecule has 0 aliphatic heterocycles. The lowest BCUT2D eigenvalue weighted by Crippen LogP contribution is -1.98. The van der Waals surface area contributed by atoms with E-state index in [-0.39, 0.29) is 11.5 Å². The maximum Gasteiger partial charge on any atom is 0.352 e. The molecule has 0 saturated heterocycles. The SMILES string of the molecule is O=C(O)c1[nH]c2cc(Cl)ccc2c1-c1ccc(F)cc1. The third-order valence-electron chi connectivity index (χ3n) is 3.11. The number of rotatable bonds is 2. The van der Waals surface area contributed by atoms with Crippen LogP contribution in [-0.2, 0) is 0 Å². The molecule has 0 aliphatic carbocycles. The number of H-pyrrole nitrogens is 1. The van der Waals surface area contributed by atoms with Gasteiger partial charge in [-0.1, -0.05) is 29.8 Å². The quantitative estimate of drug-likeness (QED) is 0.738. The molecule has 3 aromatic rings. The third kappa shape index (κ3) is 2.04. The van der Waals surface area contributed by atoms with Crippen LogP contribution in [0.25, 0.3) is 22.0 Å². The van der Waals surface area contributed by atoms with Gasteiger partial charge in [-0.15, -0.1) is 0 Å². The second-order valence-electron chi connectivity index (χ2n) is 4.38. The van der Waals surface area contributed by atoms with Crippen LogP contribution in [0, 0.1) is 5.82 Å². The summed E-state index contributed by atoms with van der Waals surface area (Å²) in [7, 11) is 0. The number of carboxylic acid groups (broad SMARTS) is 1. The van der Waals surface area contributed by atoms with Gasteiger partial charge in [0.1, 0.15) is 11.5 Å². The Bertz CT molecular complexity index is 809. The van der Waals surface area contributed by atoms with Crippen LogP contribution < -0.4 is 0 Å². The number of aromatic carboxylic acids is 1. The van der Waals surface area contributed by atoms with Crippen molar-refractivity contribution in [3.63, 3.8) is 0 Å². The van der Waals surface area contributed by atoms with E-state index in [0.717, 1.165) is 5.39 Å². The van der Waals surface area contributed by atoms with E-state index in [1.807, 2.05) is 0 Å². The first-order valence-corrected chi connectivity index (χ1v) is 6.24. The zero-order valence-corrected chi connectivity index (χ0v) is 10.9. The van der Waals surface area contributed by atoms with Gasteiger partial charge in [0.2, 0.25) is 0 Å². The van der Waals surface area contributed by atoms with Gasteiger partial charge >= 0.3 is 5.97 Å². The van der Waals surface area contributed by atoms with E-state index >= 15 is 0 Å². The summed E-state index contributed by atoms with van der Waals surface area (Å²) < 4.78 is 13.0. The highest BCUT2D eigenvalue weighted by Crippen LogP contribution is 2.33. The van der Waals surface area contributed by atoms with E-state index in [2.05, 4.69) is 4.98 Å². The van der Waals surface area contributed by atoms with Gasteiger partial charge in [-0.2, -0.15) is 0 Å². The number of carbonyl (C=O) groups is 1. The number of hydrogen-bond acceptors (Lipinski definition) is 1. The number of carboxylic acids is 1. The Morgan fingerprint density at radius 3 is 2.50 bits per heavy atom. The summed E-state index contributed by atoms with van der Waals surface area (Å²) in [5, 5.41) is 10.6. The van der Waals surface area contributed by atoms with Crippen molar-refractivity contribution in [2.24, 2.45) is 0 Å². The topological polar surface area (TPSA) is 53.1 Å². The molecule has 2 aromatic carbocycles. The molecule has 0 amide bonds. The number of fused-ring (bicyclic) bond motifs is 1. The van der Waals surface area contributed by atoms with Crippen LogP contribution in [0.3, 0.4) is 0 Å². The van der Waals surface area contributed by atoms with Gasteiger partial charge in [-0.3, -0.25) is 0 Å². The minimum Gasteiger partial charge on any atom is -0.477 e. The minimum absolute atomic E-state index is 0.0638. The van der Waals surface area contributed by atoms with Crippen molar-refractivity contribution in [2.75, 3.05) is 0 Å². The molecular formula is C15H9ClFNO2. The van der Waals surface area contributed by atoms with Crippen LogP contribution in [0.15, 0.2) is 42.5 Å². The average Bonchev–Trinajstić information content (AvgIpc) is 2.78. The maximum absolute atomic E-state index is 13.0. The van der Waals surface area contributed by atoms with Crippen molar-refractivity contribution < 1.29 is 14.3 Å². The van der Waals surface area contributed by atoms with Crippen molar-refractivity contribution in [3.05, 3.63) is 59.0 Å². The third-order valence-corrected chi connectivity index (χ3v) is 3.34. The molecule has 1 aromatic heterocycles. The van der Waals surface area contributed by atoms with Crippen LogP contribution in [-0.4, -0.2) is 16.1 Å². The molecule has 5 heteroatoms. The average molecular weight is 290 g/mol. The van der Waals surface area contributed by atoms with E-state index in [9.17, 15) is 14.3 Å². The molecule has 3 rings (SSSR count). The molecule has 20 heavy (non-hydrogen) atoms. The lowest BCUT2D eigenvalue weighted by molar-refractivity contribution is 0.0692. The summed E-state index contributed by atoms with van der Waals surface area (Å²) in [6, 6.07) is 10.8. The Kier molecular flexibility index (Phi) is 2.95. The smallest absolute Gasteiger partial charge is 0.352 e. The summed E-state index contributed by atoms with van der Waals surface area (Å²) in [6.07, 6.45) is 0. The molecule has 0 radical (unpaired) electrons. The summed E-state index contributed by atoms with van der Waals surface area (Å²) in [4.78, 5) is 14.2. The molecule has 0 aliphatic rings. The van der Waals surface area contributed by atoms with Gasteiger partial charge in [0.25, 0.3) is 0 Å². The molecular weight excluding hydrogens is 281 g/mol. The molecule has 0 fully saturated rings. The fourth-order valence-corrected chi connectivity index (χ4v) is 2.42. The molecule has 0 spiro atoms. The second kappa shape index (κ2) is 4.65. The molecule has 0 atom stereocenters. The van der Waals surface area contributed by atoms with Crippen molar-refractivity contribution in [1.82, 2.24) is 4.98 Å². The number of hydrogen-bond donors (Lipinski definition) is 2. The monoisotopic (exact) mass is 289 g/mol. The number of aromatic amines is 1. The van der Waals surface area contributed by atoms with Crippen LogP contribution in [0.1, 0.15) is 10.5 Å². The van der Waals surface area contributed by atoms with E-state index in [0.29, 0.717) is 21.7 Å². The number of aromatic nitrogens is 1. The highest BCUT2D eigenvalue weighted by molar-refractivity contribution is 6.31. The molecule has 1 heterocycles. The van der Waals surface area contributed by atoms with Crippen molar-refractivity contribution >= 4 is 28.5 Å². The molecule has 100 valence electrons. The maximum atomic E-state index is 13.0. The normalized spacial score (nSPS) is 10.9. The molecule has 2 N–H and O–H groups in total. The first kappa shape index (κ1) is 12.7. The molecule has 3 nitrogen and oxygen atoms in total. The Morgan fingerprint density at radius 2 is 1.85 bits per heavy atom. The lowest BCUT2D eigenvalue weighted by Gasteiger charge is -2.02. The fraction of sp³-hybridized carbons (Fsp3) is 0. The molecule has 0 bridgehead atoms. The van der Waals surface area contributed by atoms with Gasteiger partial charge in [0.15, 0.2) is 0 Å². The van der Waals surface area contributed by atoms with Crippen LogP contribution in [0.5, 0.6) is 0 Å². The van der Waals surface area contributed by atoms with Crippen LogP contribution in [0.4, 0.5) is 4.39 Å². The van der Waals surface area contributed by atoms with Crippen LogP contribution >= 0.6 is 11.6 Å². The van der Waals surface area contributed by atoms with E-state index in [1.165, 1.54) is 12.1 Å². The Hall–Kier alpha value is -2.33. The largest absolute Gasteiger partial charge is 0.477 e. The number of benzene rings is 2. The van der Waals surface area contributed by atoms with Crippen molar-refractivity contribution in [1.29, 1.82) is 0 Å². The predicted octanol–water partition coefficient (Wildman–Crippen LogP) is 4.33. The van der Waals surface area contributed by atoms with Crippen LogP contribution in [0.2, 0.25) is 5.02 Å². The first-order valence-electron chi connectivity index (χ1n) is 5.87. The van der Waals surface area contributed by atoms with Gasteiger partial charge in [-0.25, -0.2) is 9.18 Å². The highest BCUT2D eigenvalue weighted by atomic mass is 35.5. The highest BCUT2D eigenvalue weighted by Gasteiger charge is 2.18. The fourth-order valence-electron chi connectivity index (χ4n) is 2.25. The summed E-state index contributed by atoms with van der Waals surface area (Å²) in [5.74, 6) is -1.44. The first-order chi connectivity index (χ1) is 9.56. The van der Waals surface area contributed by atoms with Crippen molar-refractivity contribution in [3.8, 4) is 11.1 Å². The standard InChI is InChI=1S/C15H9ClFNO2/c16-9-3-6-11-12(7-9)18-14(15(19)20)13(11)8-1-4-10(17)5-2-8/h1-7,18H,(H,19,20). The van der Waals surface area contributed by atoms with Gasteiger partial charge in [0.05, 0.1) is 0 Å². The van der Waals surface area contributed by atoms with E-state index in [1.54, 1.807) is 30.3 Å². The lowest BCUT2D eigenvalue weighted by atomic mass is 10.0. The van der Waals surface area contributed by atoms with Gasteiger partial charge < -0.3 is 10.1 Å². The van der Waals surface area contributed by atoms with Gasteiger partial charge in [-0.05, 0) is 29.8 Å². The van der Waals surface area contributed by atoms with Crippen molar-refractivity contribution in [2.45, 2.75) is 0 Å². The zero-order chi connectivity index (χ0) is 14.3. The predicted molar refractivity (Wildman–Crippen MR) is 75.7 cm³/mol. The summed E-state index contributed by atoms with van der Waals surface area (Å²) >= 11 is 5.91. The number of nitrogens with one attached hydrogen (secondary N) is 1. The summed E-state index contributed by atoms with van der Waals surface area (Å²) in [6.45, 7) is 0. The molecule has 0 unspecified atom stereocenters. The van der Waals surface area contributed by atoms with Gasteiger partial charge in [0, 0.05) is 21.5 Å². The molecule has 0 saturated carbocycles. The Labute approximate surface area is 118 Å². The second-order valence-corrected chi connectivity index (χ2v) is 4.81. The minimum atomic E-state index is -1.07. The van der Waals surface area contributed by atoms with E-state index < -0.39 is 5.97 Å². The van der Waals surface area contributed by atoms with E-state index in [4.69, 9.17) is 11.6 Å². The summed E-state index contributed by atoms with van der Waals surface area (Å²) in [5.41, 5.74) is 1.87.